The highest BCUT2D eigenvalue weighted by atomic mass is 31.2. The van der Waals surface area contributed by atoms with Crippen LogP contribution >= 0.6 is 7.60 Å². The van der Waals surface area contributed by atoms with Crippen molar-refractivity contribution in [3.05, 3.63) is 0 Å². The van der Waals surface area contributed by atoms with E-state index in [-0.39, 0.29) is 13.2 Å². The number of hydrogen-bond acceptors (Lipinski definition) is 6. The van der Waals surface area contributed by atoms with Crippen LogP contribution in [-0.4, -0.2) is 47.8 Å². The zero-order valence-electron chi connectivity index (χ0n) is 14.1. The highest BCUT2D eigenvalue weighted by Gasteiger charge is 2.40. The van der Waals surface area contributed by atoms with Gasteiger partial charge in [0.25, 0.3) is 11.4 Å². The molecule has 1 N–H and O–H groups in total. The molecule has 22 heavy (non-hydrogen) atoms. The van der Waals surface area contributed by atoms with Gasteiger partial charge in [0.15, 0.2) is 0 Å². The molecular formula is C14H29N2O5P. The summed E-state index contributed by atoms with van der Waals surface area (Å²) >= 11 is 0. The molecule has 0 radical (unpaired) electrons. The maximum atomic E-state index is 12.9. The van der Waals surface area contributed by atoms with Gasteiger partial charge in [0.05, 0.1) is 13.2 Å². The van der Waals surface area contributed by atoms with Gasteiger partial charge in [-0.3, -0.25) is 9.36 Å². The van der Waals surface area contributed by atoms with Gasteiger partial charge < -0.3 is 19.2 Å². The van der Waals surface area contributed by atoms with E-state index in [0.29, 0.717) is 25.9 Å². The number of hydrogen-bond donors (Lipinski definition) is 1. The fourth-order valence-corrected chi connectivity index (χ4v) is 3.23. The van der Waals surface area contributed by atoms with Crippen LogP contribution in [0.3, 0.4) is 0 Å². The van der Waals surface area contributed by atoms with Crippen molar-refractivity contribution in [3.8, 4) is 0 Å². The average molecular weight is 336 g/mol. The van der Waals surface area contributed by atoms with E-state index in [1.165, 1.54) is 4.90 Å². The first-order chi connectivity index (χ1) is 10.5. The Labute approximate surface area is 133 Å². The average Bonchev–Trinajstić information content (AvgIpc) is 2.50. The Morgan fingerprint density at radius 3 is 1.82 bits per heavy atom. The van der Waals surface area contributed by atoms with E-state index < -0.39 is 19.0 Å². The summed E-state index contributed by atoms with van der Waals surface area (Å²) in [5.41, 5.74) is -0.539. The molecule has 0 spiro atoms. The fraction of sp³-hybridized carbons (Fsp3) is 0.857. The normalized spacial score (nSPS) is 12.5. The standard InChI is InChI=1S/C14H29N2O5P/c1-5-9-11-20-22(19,21-12-10-6-2)13(15-18)14(17)16(7-3)8-4/h18H,5-12H2,1-4H3/b15-13+. The van der Waals surface area contributed by atoms with E-state index in [0.717, 1.165) is 12.8 Å². The van der Waals surface area contributed by atoms with Crippen LogP contribution in [0.4, 0.5) is 0 Å². The van der Waals surface area contributed by atoms with Crippen LogP contribution in [0.1, 0.15) is 53.4 Å². The third kappa shape index (κ3) is 6.46. The van der Waals surface area contributed by atoms with Crippen LogP contribution in [0, 0.1) is 0 Å². The fourth-order valence-electron chi connectivity index (χ4n) is 1.68. The molecule has 0 aliphatic carbocycles. The van der Waals surface area contributed by atoms with Gasteiger partial charge >= 0.3 is 7.60 Å². The summed E-state index contributed by atoms with van der Waals surface area (Å²) in [6.45, 7) is 8.71. The number of oxime groups is 1. The third-order valence-corrected chi connectivity index (χ3v) is 4.96. The van der Waals surface area contributed by atoms with Crippen LogP contribution in [0.2, 0.25) is 0 Å². The Balaban J connectivity index is 5.23. The molecule has 0 fully saturated rings. The first-order valence-corrected chi connectivity index (χ1v) is 9.45. The lowest BCUT2D eigenvalue weighted by atomic mass is 10.4. The first-order valence-electron chi connectivity index (χ1n) is 7.91. The van der Waals surface area contributed by atoms with Crippen molar-refractivity contribution in [2.24, 2.45) is 5.16 Å². The van der Waals surface area contributed by atoms with Crippen molar-refractivity contribution < 1.29 is 23.6 Å². The molecule has 0 aliphatic heterocycles. The maximum absolute atomic E-state index is 12.9. The van der Waals surface area contributed by atoms with Gasteiger partial charge in [0, 0.05) is 13.1 Å². The zero-order valence-corrected chi connectivity index (χ0v) is 15.0. The van der Waals surface area contributed by atoms with Crippen LogP contribution < -0.4 is 0 Å². The second kappa shape index (κ2) is 11.6. The molecule has 0 aliphatic rings. The Morgan fingerprint density at radius 1 is 1.05 bits per heavy atom. The lowest BCUT2D eigenvalue weighted by Gasteiger charge is -2.23. The maximum Gasteiger partial charge on any atom is 0.388 e. The topological polar surface area (TPSA) is 88.4 Å². The third-order valence-electron chi connectivity index (χ3n) is 3.11. The second-order valence-electron chi connectivity index (χ2n) is 4.77. The lowest BCUT2D eigenvalue weighted by Crippen LogP contribution is -2.37. The predicted octanol–water partition coefficient (Wildman–Crippen LogP) is 3.47. The molecule has 0 rings (SSSR count). The summed E-state index contributed by atoms with van der Waals surface area (Å²) in [6, 6.07) is 0. The SMILES string of the molecule is CCCCOP(=O)(OCCCC)/C(=N/O)C(=O)N(CC)CC. The molecule has 0 aromatic carbocycles. The molecule has 1 amide bonds. The number of amides is 1. The predicted molar refractivity (Wildman–Crippen MR) is 86.5 cm³/mol. The largest absolute Gasteiger partial charge is 0.410 e. The first kappa shape index (κ1) is 21.1. The van der Waals surface area contributed by atoms with Crippen molar-refractivity contribution in [3.63, 3.8) is 0 Å². The van der Waals surface area contributed by atoms with Gasteiger partial charge in [0.1, 0.15) is 0 Å². The number of carbonyl (C=O) groups excluding carboxylic acids is 1. The van der Waals surface area contributed by atoms with Crippen molar-refractivity contribution in [2.45, 2.75) is 53.4 Å². The van der Waals surface area contributed by atoms with Crippen molar-refractivity contribution in [1.29, 1.82) is 0 Å². The van der Waals surface area contributed by atoms with E-state index in [9.17, 15) is 14.6 Å². The number of rotatable bonds is 12. The molecule has 0 atom stereocenters. The van der Waals surface area contributed by atoms with Crippen LogP contribution in [0.25, 0.3) is 0 Å². The Bertz CT molecular complexity index is 383. The Hall–Kier alpha value is -0.910. The Morgan fingerprint density at radius 2 is 1.50 bits per heavy atom. The molecule has 0 saturated carbocycles. The minimum Gasteiger partial charge on any atom is -0.410 e. The van der Waals surface area contributed by atoms with Gasteiger partial charge in [-0.25, -0.2) is 0 Å². The summed E-state index contributed by atoms with van der Waals surface area (Å²) in [7, 11) is -3.92. The highest BCUT2D eigenvalue weighted by Crippen LogP contribution is 2.50. The van der Waals surface area contributed by atoms with Gasteiger partial charge in [0.2, 0.25) is 0 Å². The molecule has 130 valence electrons. The monoisotopic (exact) mass is 336 g/mol. The lowest BCUT2D eigenvalue weighted by molar-refractivity contribution is -0.123. The highest BCUT2D eigenvalue weighted by molar-refractivity contribution is 7.75. The molecule has 7 nitrogen and oxygen atoms in total. The minimum atomic E-state index is -3.92. The summed E-state index contributed by atoms with van der Waals surface area (Å²) in [6.07, 6.45) is 3.06. The van der Waals surface area contributed by atoms with E-state index in [1.807, 2.05) is 13.8 Å². The van der Waals surface area contributed by atoms with Gasteiger partial charge in [-0.15, -0.1) is 0 Å². The van der Waals surface area contributed by atoms with Crippen molar-refractivity contribution in [1.82, 2.24) is 4.90 Å². The molecule has 8 heteroatoms. The van der Waals surface area contributed by atoms with Crippen molar-refractivity contribution in [2.75, 3.05) is 26.3 Å². The summed E-state index contributed by atoms with van der Waals surface area (Å²) in [4.78, 5) is 13.8. The van der Waals surface area contributed by atoms with Crippen LogP contribution in [-0.2, 0) is 18.4 Å². The molecule has 0 aromatic rings. The summed E-state index contributed by atoms with van der Waals surface area (Å²) in [5.74, 6) is -0.621. The zero-order chi connectivity index (χ0) is 17.0. The van der Waals surface area contributed by atoms with E-state index in [1.54, 1.807) is 13.8 Å². The number of unbranched alkanes of at least 4 members (excludes halogenated alkanes) is 2. The molecule has 0 aromatic heterocycles. The summed E-state index contributed by atoms with van der Waals surface area (Å²) < 4.78 is 23.5. The second-order valence-corrected chi connectivity index (χ2v) is 6.71. The molecule has 0 saturated heterocycles. The molecule has 0 bridgehead atoms. The molecular weight excluding hydrogens is 307 g/mol. The van der Waals surface area contributed by atoms with Crippen LogP contribution in [0.5, 0.6) is 0 Å². The molecule has 0 heterocycles. The smallest absolute Gasteiger partial charge is 0.388 e. The van der Waals surface area contributed by atoms with Gasteiger partial charge in [-0.1, -0.05) is 31.8 Å². The number of carbonyl (C=O) groups is 1. The van der Waals surface area contributed by atoms with E-state index in [4.69, 9.17) is 9.05 Å². The Kier molecular flexibility index (Phi) is 11.1. The van der Waals surface area contributed by atoms with E-state index in [2.05, 4.69) is 5.16 Å². The number of nitrogens with zero attached hydrogens (tertiary/aromatic N) is 2. The quantitative estimate of drug-likeness (QED) is 0.194. The minimum absolute atomic E-state index is 0.185. The molecule has 0 unspecified atom stereocenters. The van der Waals surface area contributed by atoms with Gasteiger partial charge in [-0.05, 0) is 26.7 Å². The van der Waals surface area contributed by atoms with E-state index >= 15 is 0 Å². The summed E-state index contributed by atoms with van der Waals surface area (Å²) in [5, 5.41) is 12.1. The van der Waals surface area contributed by atoms with Crippen molar-refractivity contribution >= 4 is 19.0 Å². The van der Waals surface area contributed by atoms with Gasteiger partial charge in [-0.2, -0.15) is 0 Å². The van der Waals surface area contributed by atoms with Crippen LogP contribution in [0.15, 0.2) is 5.16 Å².